The van der Waals surface area contributed by atoms with Gasteiger partial charge in [-0.25, -0.2) is 29.9 Å². The average molecular weight is 730 g/mol. The molecule has 13 rings (SSSR count). The van der Waals surface area contributed by atoms with Crippen LogP contribution in [0.3, 0.4) is 0 Å². The molecule has 0 fully saturated rings. The molecule has 0 amide bonds. The predicted molar refractivity (Wildman–Crippen MR) is 227 cm³/mol. The van der Waals surface area contributed by atoms with Crippen LogP contribution in [0.1, 0.15) is 0 Å². The molecule has 0 unspecified atom stereocenters. The fourth-order valence-electron chi connectivity index (χ4n) is 8.70. The molecule has 0 aliphatic heterocycles. The van der Waals surface area contributed by atoms with Crippen LogP contribution in [0.15, 0.2) is 164 Å². The van der Waals surface area contributed by atoms with Crippen LogP contribution in [0.25, 0.3) is 117 Å². The highest BCUT2D eigenvalue weighted by atomic mass is 15.1. The maximum absolute atomic E-state index is 5.42. The van der Waals surface area contributed by atoms with Gasteiger partial charge in [-0.05, 0) is 52.6 Å². The van der Waals surface area contributed by atoms with Crippen molar-refractivity contribution in [2.75, 3.05) is 0 Å². The highest BCUT2D eigenvalue weighted by Gasteiger charge is 2.22. The van der Waals surface area contributed by atoms with Gasteiger partial charge in [-0.2, -0.15) is 0 Å². The van der Waals surface area contributed by atoms with Crippen LogP contribution in [0, 0.1) is 0 Å². The summed E-state index contributed by atoms with van der Waals surface area (Å²) < 4.78 is 6.48. The summed E-state index contributed by atoms with van der Waals surface area (Å²) >= 11 is 0. The molecule has 0 aliphatic rings. The average Bonchev–Trinajstić information content (AvgIpc) is 3.97. The van der Waals surface area contributed by atoms with E-state index in [1.807, 2.05) is 36.4 Å². The van der Waals surface area contributed by atoms with Crippen LogP contribution in [0.5, 0.6) is 0 Å². The topological polar surface area (TPSA) is 90.6 Å². The molecule has 13 aromatic rings. The van der Waals surface area contributed by atoms with E-state index in [9.17, 15) is 0 Å². The van der Waals surface area contributed by atoms with E-state index in [0.717, 1.165) is 99.0 Å². The molecule has 0 N–H and O–H groups in total. The first-order valence-corrected chi connectivity index (χ1v) is 18.9. The lowest BCUT2D eigenvalue weighted by molar-refractivity contribution is 1.07. The van der Waals surface area contributed by atoms with E-state index in [0.29, 0.717) is 17.5 Å². The van der Waals surface area contributed by atoms with Gasteiger partial charge in [0.25, 0.3) is 0 Å². The second kappa shape index (κ2) is 11.2. The van der Waals surface area contributed by atoms with Crippen molar-refractivity contribution >= 4 is 82.4 Å². The van der Waals surface area contributed by atoms with Gasteiger partial charge in [-0.3, -0.25) is 13.2 Å². The van der Waals surface area contributed by atoms with Gasteiger partial charge in [0, 0.05) is 51.4 Å². The highest BCUT2D eigenvalue weighted by molar-refractivity contribution is 6.08. The van der Waals surface area contributed by atoms with Gasteiger partial charge in [-0.1, -0.05) is 109 Å². The SMILES string of the molecule is c1ccc2c(c1)nc1c3ccccc3c(-c3nc(-c4cn5c6ccccc6nc5c5ccccc45)nc(-c4cn5c6ccccc6nc5c5ccccc45)n3)cn21. The second-order valence-corrected chi connectivity index (χ2v) is 14.5. The maximum Gasteiger partial charge on any atom is 0.166 e. The lowest BCUT2D eigenvalue weighted by Gasteiger charge is -2.14. The summed E-state index contributed by atoms with van der Waals surface area (Å²) in [7, 11) is 0. The van der Waals surface area contributed by atoms with Crippen LogP contribution in [-0.2, 0) is 0 Å². The van der Waals surface area contributed by atoms with Crippen LogP contribution in [0.4, 0.5) is 0 Å². The minimum absolute atomic E-state index is 0.560. The standard InChI is InChI=1S/C48H27N9/c1-4-16-31-28(13-1)34(25-55-40-22-10-7-19-37(40)49-46(31)55)43-52-44(35-26-56-41-23-11-8-20-38(41)50-47(56)32-17-5-2-14-29(32)35)54-45(53-43)36-27-57-42-24-12-9-21-39(42)51-48(57)33-18-6-3-15-30(33)36/h1-27H. The molecular formula is C48H27N9. The normalized spacial score (nSPS) is 12.2. The Bertz CT molecular complexity index is 3430. The number of imidazole rings is 3. The summed E-state index contributed by atoms with van der Waals surface area (Å²) in [5.74, 6) is 1.68. The van der Waals surface area contributed by atoms with Crippen LogP contribution < -0.4 is 0 Å². The highest BCUT2D eigenvalue weighted by Crippen LogP contribution is 2.38. The maximum atomic E-state index is 5.42. The Morgan fingerprint density at radius 3 is 0.842 bits per heavy atom. The summed E-state index contributed by atoms with van der Waals surface area (Å²) in [5, 5.41) is 6.07. The van der Waals surface area contributed by atoms with Crippen molar-refractivity contribution in [3.63, 3.8) is 0 Å². The minimum atomic E-state index is 0.560. The molecule has 9 heteroatoms. The number of para-hydroxylation sites is 6. The second-order valence-electron chi connectivity index (χ2n) is 14.5. The third-order valence-electron chi connectivity index (χ3n) is 11.3. The summed E-state index contributed by atoms with van der Waals surface area (Å²) in [6.45, 7) is 0. The molecule has 0 spiro atoms. The van der Waals surface area contributed by atoms with Gasteiger partial charge in [0.05, 0.1) is 33.1 Å². The van der Waals surface area contributed by atoms with Gasteiger partial charge in [0.15, 0.2) is 17.5 Å². The minimum Gasteiger partial charge on any atom is -0.298 e. The summed E-state index contributed by atoms with van der Waals surface area (Å²) in [4.78, 5) is 31.4. The molecule has 0 radical (unpaired) electrons. The molecule has 0 aliphatic carbocycles. The summed E-state index contributed by atoms with van der Waals surface area (Å²) in [6, 6.07) is 49.8. The van der Waals surface area contributed by atoms with Gasteiger partial charge in [-0.15, -0.1) is 0 Å². The Kier molecular flexibility index (Phi) is 5.98. The third kappa shape index (κ3) is 4.27. The fraction of sp³-hybridized carbons (Fsp3) is 0. The van der Waals surface area contributed by atoms with Crippen molar-refractivity contribution in [1.29, 1.82) is 0 Å². The zero-order valence-corrected chi connectivity index (χ0v) is 30.1. The summed E-state index contributed by atoms with van der Waals surface area (Å²) in [6.07, 6.45) is 6.39. The van der Waals surface area contributed by atoms with Gasteiger partial charge in [0.2, 0.25) is 0 Å². The van der Waals surface area contributed by atoms with Crippen molar-refractivity contribution in [3.8, 4) is 34.2 Å². The van der Waals surface area contributed by atoms with Crippen LogP contribution >= 0.6 is 0 Å². The number of hydrogen-bond acceptors (Lipinski definition) is 6. The Morgan fingerprint density at radius 2 is 0.526 bits per heavy atom. The third-order valence-corrected chi connectivity index (χ3v) is 11.3. The first-order chi connectivity index (χ1) is 28.2. The van der Waals surface area contributed by atoms with E-state index >= 15 is 0 Å². The first-order valence-electron chi connectivity index (χ1n) is 18.9. The number of benzene rings is 6. The number of fused-ring (bicyclic) bond motifs is 15. The Morgan fingerprint density at radius 1 is 0.263 bits per heavy atom. The molecule has 7 aromatic heterocycles. The van der Waals surface area contributed by atoms with Gasteiger partial charge < -0.3 is 0 Å². The first kappa shape index (κ1) is 30.3. The molecule has 6 aromatic carbocycles. The number of nitrogens with zero attached hydrogens (tertiary/aromatic N) is 9. The molecular weight excluding hydrogens is 703 g/mol. The predicted octanol–water partition coefficient (Wildman–Crippen LogP) is 10.7. The number of hydrogen-bond donors (Lipinski definition) is 0. The lowest BCUT2D eigenvalue weighted by Crippen LogP contribution is -2.04. The largest absolute Gasteiger partial charge is 0.298 e. The molecule has 0 bridgehead atoms. The zero-order valence-electron chi connectivity index (χ0n) is 30.1. The molecule has 0 atom stereocenters. The molecule has 7 heterocycles. The molecule has 57 heavy (non-hydrogen) atoms. The van der Waals surface area contributed by atoms with Gasteiger partial charge >= 0.3 is 0 Å². The molecule has 0 saturated heterocycles. The molecule has 9 nitrogen and oxygen atoms in total. The number of pyridine rings is 3. The monoisotopic (exact) mass is 729 g/mol. The van der Waals surface area contributed by atoms with Gasteiger partial charge in [0.1, 0.15) is 16.9 Å². The van der Waals surface area contributed by atoms with Crippen LogP contribution in [0.2, 0.25) is 0 Å². The Labute approximate surface area is 322 Å². The van der Waals surface area contributed by atoms with Crippen molar-refractivity contribution in [1.82, 2.24) is 43.1 Å². The molecule has 264 valence electrons. The van der Waals surface area contributed by atoms with Crippen LogP contribution in [-0.4, -0.2) is 43.1 Å². The van der Waals surface area contributed by atoms with E-state index in [4.69, 9.17) is 29.9 Å². The Hall–Kier alpha value is -8.04. The van der Waals surface area contributed by atoms with E-state index in [2.05, 4.69) is 141 Å². The van der Waals surface area contributed by atoms with Crippen molar-refractivity contribution in [2.24, 2.45) is 0 Å². The Balaban J connectivity index is 1.18. The number of rotatable bonds is 3. The van der Waals surface area contributed by atoms with E-state index < -0.39 is 0 Å². The van der Waals surface area contributed by atoms with Crippen molar-refractivity contribution in [3.05, 3.63) is 164 Å². The smallest absolute Gasteiger partial charge is 0.166 e. The lowest BCUT2D eigenvalue weighted by atomic mass is 10.0. The van der Waals surface area contributed by atoms with Crippen molar-refractivity contribution in [2.45, 2.75) is 0 Å². The van der Waals surface area contributed by atoms with E-state index in [1.54, 1.807) is 0 Å². The fourth-order valence-corrected chi connectivity index (χ4v) is 8.70. The quantitative estimate of drug-likeness (QED) is 0.180. The van der Waals surface area contributed by atoms with E-state index in [1.165, 1.54) is 0 Å². The van der Waals surface area contributed by atoms with Crippen molar-refractivity contribution < 1.29 is 0 Å². The van der Waals surface area contributed by atoms with E-state index in [-0.39, 0.29) is 0 Å². The number of aromatic nitrogens is 9. The zero-order chi connectivity index (χ0) is 37.2. The summed E-state index contributed by atoms with van der Waals surface area (Å²) in [5.41, 5.74) is 11.1. The molecule has 0 saturated carbocycles.